The number of aryl methyl sites for hydroxylation is 1. The zero-order chi connectivity index (χ0) is 21.0. The van der Waals surface area contributed by atoms with Crippen molar-refractivity contribution in [1.29, 1.82) is 10.7 Å². The highest BCUT2D eigenvalue weighted by Gasteiger charge is 2.18. The van der Waals surface area contributed by atoms with E-state index >= 15 is 0 Å². The van der Waals surface area contributed by atoms with E-state index in [9.17, 15) is 10.1 Å². The highest BCUT2D eigenvalue weighted by atomic mass is 16.4. The van der Waals surface area contributed by atoms with Crippen LogP contribution in [-0.2, 0) is 0 Å². The van der Waals surface area contributed by atoms with Gasteiger partial charge in [0.1, 0.15) is 6.26 Å². The Morgan fingerprint density at radius 2 is 2.10 bits per heavy atom. The fourth-order valence-corrected chi connectivity index (χ4v) is 3.08. The second-order valence-corrected chi connectivity index (χ2v) is 6.85. The number of carbonyl (C=O) groups excluding carboxylic acids is 1. The average molecular weight is 387 g/mol. The molecule has 29 heavy (non-hydrogen) atoms. The minimum atomic E-state index is -0.300. The number of rotatable bonds is 6. The number of nitrogens with zero attached hydrogens (tertiary/aromatic N) is 2. The van der Waals surface area contributed by atoms with Crippen LogP contribution < -0.4 is 10.6 Å². The highest BCUT2D eigenvalue weighted by molar-refractivity contribution is 6.06. The monoisotopic (exact) mass is 387 g/mol. The van der Waals surface area contributed by atoms with E-state index in [4.69, 9.17) is 9.83 Å². The third-order valence-electron chi connectivity index (χ3n) is 4.38. The van der Waals surface area contributed by atoms with E-state index in [1.165, 1.54) is 12.5 Å². The van der Waals surface area contributed by atoms with Gasteiger partial charge in [0, 0.05) is 23.0 Å². The third-order valence-corrected chi connectivity index (χ3v) is 4.38. The molecule has 146 valence electrons. The van der Waals surface area contributed by atoms with Crippen LogP contribution in [0.25, 0.3) is 0 Å². The molecule has 0 aliphatic rings. The number of carbonyl (C=O) groups is 1. The van der Waals surface area contributed by atoms with Crippen LogP contribution in [0, 0.1) is 23.7 Å². The molecule has 1 amide bonds. The molecule has 0 atom stereocenters. The Hall–Kier alpha value is -3.92. The minimum Gasteiger partial charge on any atom is -0.432 e. The highest BCUT2D eigenvalue weighted by Crippen LogP contribution is 2.27. The lowest BCUT2D eigenvalue weighted by molar-refractivity contribution is 0.102. The maximum atomic E-state index is 12.9. The number of nitrogens with one attached hydrogen (secondary N) is 3. The molecule has 7 nitrogen and oxygen atoms in total. The van der Waals surface area contributed by atoms with Crippen LogP contribution in [0.4, 0.5) is 17.4 Å². The Balaban J connectivity index is 1.91. The molecule has 0 saturated carbocycles. The first-order valence-electron chi connectivity index (χ1n) is 9.11. The van der Waals surface area contributed by atoms with Crippen molar-refractivity contribution in [1.82, 2.24) is 4.98 Å². The number of aromatic nitrogens is 1. The Morgan fingerprint density at radius 3 is 2.72 bits per heavy atom. The summed E-state index contributed by atoms with van der Waals surface area (Å²) < 4.78 is 5.31. The molecule has 0 aliphatic carbocycles. The van der Waals surface area contributed by atoms with Crippen molar-refractivity contribution >= 4 is 29.5 Å². The van der Waals surface area contributed by atoms with Crippen molar-refractivity contribution < 1.29 is 9.21 Å². The Bertz CT molecular complexity index is 1110. The molecule has 3 rings (SSSR count). The van der Waals surface area contributed by atoms with E-state index in [1.54, 1.807) is 36.4 Å². The average Bonchev–Trinajstić information content (AvgIpc) is 3.12. The van der Waals surface area contributed by atoms with E-state index in [0.29, 0.717) is 34.1 Å². The summed E-state index contributed by atoms with van der Waals surface area (Å²) in [6.45, 7) is 5.71. The maximum Gasteiger partial charge on any atom is 0.299 e. The first-order chi connectivity index (χ1) is 13.9. The SMILES string of the molecule is Cc1coc(Nc2cc(NC(=O)c3cccc(C#N)c3C(C)C)ccc2C=N)n1. The Morgan fingerprint density at radius 1 is 1.31 bits per heavy atom. The van der Waals surface area contributed by atoms with E-state index in [0.717, 1.165) is 11.3 Å². The van der Waals surface area contributed by atoms with Crippen LogP contribution in [0.5, 0.6) is 0 Å². The minimum absolute atomic E-state index is 0.0254. The van der Waals surface area contributed by atoms with Crippen LogP contribution in [0.3, 0.4) is 0 Å². The number of hydrogen-bond acceptors (Lipinski definition) is 6. The number of amides is 1. The lowest BCUT2D eigenvalue weighted by Crippen LogP contribution is -2.16. The molecule has 7 heteroatoms. The van der Waals surface area contributed by atoms with Crippen LogP contribution in [-0.4, -0.2) is 17.1 Å². The summed E-state index contributed by atoms with van der Waals surface area (Å²) in [6, 6.07) is 12.7. The first kappa shape index (κ1) is 19.8. The van der Waals surface area contributed by atoms with Crippen molar-refractivity contribution in [3.8, 4) is 6.07 Å². The third kappa shape index (κ3) is 4.33. The van der Waals surface area contributed by atoms with Gasteiger partial charge in [-0.3, -0.25) is 4.79 Å². The van der Waals surface area contributed by atoms with Crippen molar-refractivity contribution in [2.75, 3.05) is 10.6 Å². The van der Waals surface area contributed by atoms with E-state index < -0.39 is 0 Å². The van der Waals surface area contributed by atoms with Gasteiger partial charge in [-0.15, -0.1) is 0 Å². The lowest BCUT2D eigenvalue weighted by atomic mass is 9.92. The molecule has 0 radical (unpaired) electrons. The van der Waals surface area contributed by atoms with Gasteiger partial charge in [0.2, 0.25) is 0 Å². The molecule has 0 unspecified atom stereocenters. The van der Waals surface area contributed by atoms with Gasteiger partial charge in [-0.1, -0.05) is 19.9 Å². The summed E-state index contributed by atoms with van der Waals surface area (Å²) in [5.74, 6) is -0.274. The molecule has 0 saturated heterocycles. The summed E-state index contributed by atoms with van der Waals surface area (Å²) in [5, 5.41) is 22.9. The Labute approximate surface area is 168 Å². The number of nitriles is 1. The van der Waals surface area contributed by atoms with Gasteiger partial charge in [-0.05, 0) is 48.7 Å². The number of benzene rings is 2. The zero-order valence-corrected chi connectivity index (χ0v) is 16.4. The zero-order valence-electron chi connectivity index (χ0n) is 16.4. The number of oxazole rings is 1. The summed E-state index contributed by atoms with van der Waals surface area (Å²) in [4.78, 5) is 17.1. The predicted octanol–water partition coefficient (Wildman–Crippen LogP) is 4.97. The maximum absolute atomic E-state index is 12.9. The Kier molecular flexibility index (Phi) is 5.74. The normalized spacial score (nSPS) is 10.4. The standard InChI is InChI=1S/C22H21N5O2/c1-13(2)20-16(11-24)5-4-6-18(20)21(28)26-17-8-7-15(10-23)19(9-17)27-22-25-14(3)12-29-22/h4-10,12-13,23H,1-3H3,(H,25,27)(H,26,28). The summed E-state index contributed by atoms with van der Waals surface area (Å²) in [7, 11) is 0. The molecule has 1 heterocycles. The van der Waals surface area contributed by atoms with Crippen LogP contribution in [0.1, 0.15) is 52.5 Å². The second-order valence-electron chi connectivity index (χ2n) is 6.85. The molecule has 0 fully saturated rings. The van der Waals surface area contributed by atoms with E-state index in [2.05, 4.69) is 21.7 Å². The lowest BCUT2D eigenvalue weighted by Gasteiger charge is -2.15. The molecular formula is C22H21N5O2. The summed E-state index contributed by atoms with van der Waals surface area (Å²) >= 11 is 0. The van der Waals surface area contributed by atoms with Crippen LogP contribution in [0.15, 0.2) is 47.1 Å². The molecule has 0 aliphatic heterocycles. The smallest absolute Gasteiger partial charge is 0.299 e. The van der Waals surface area contributed by atoms with Gasteiger partial charge >= 0.3 is 0 Å². The summed E-state index contributed by atoms with van der Waals surface area (Å²) in [5.41, 5.74) is 4.15. The van der Waals surface area contributed by atoms with E-state index in [1.807, 2.05) is 20.8 Å². The largest absolute Gasteiger partial charge is 0.432 e. The van der Waals surface area contributed by atoms with Gasteiger partial charge < -0.3 is 20.5 Å². The van der Waals surface area contributed by atoms with E-state index in [-0.39, 0.29) is 11.8 Å². The van der Waals surface area contributed by atoms with Gasteiger partial charge in [0.15, 0.2) is 0 Å². The van der Waals surface area contributed by atoms with Gasteiger partial charge in [0.25, 0.3) is 11.9 Å². The fourth-order valence-electron chi connectivity index (χ4n) is 3.08. The van der Waals surface area contributed by atoms with Crippen molar-refractivity contribution in [3.63, 3.8) is 0 Å². The molecule has 1 aromatic heterocycles. The van der Waals surface area contributed by atoms with Crippen LogP contribution in [0.2, 0.25) is 0 Å². The van der Waals surface area contributed by atoms with Crippen LogP contribution >= 0.6 is 0 Å². The molecule has 0 bridgehead atoms. The molecule has 0 spiro atoms. The second kappa shape index (κ2) is 8.40. The first-order valence-corrected chi connectivity index (χ1v) is 9.11. The fraction of sp³-hybridized carbons (Fsp3) is 0.182. The van der Waals surface area contributed by atoms with Crippen molar-refractivity contribution in [2.24, 2.45) is 0 Å². The molecule has 3 aromatic rings. The van der Waals surface area contributed by atoms with Gasteiger partial charge in [-0.25, -0.2) is 0 Å². The molecule has 3 N–H and O–H groups in total. The molecule has 2 aromatic carbocycles. The molecular weight excluding hydrogens is 366 g/mol. The van der Waals surface area contributed by atoms with Crippen molar-refractivity contribution in [2.45, 2.75) is 26.7 Å². The summed E-state index contributed by atoms with van der Waals surface area (Å²) in [6.07, 6.45) is 2.73. The van der Waals surface area contributed by atoms with Gasteiger partial charge in [0.05, 0.1) is 23.0 Å². The quantitative estimate of drug-likeness (QED) is 0.516. The number of hydrogen-bond donors (Lipinski definition) is 3. The van der Waals surface area contributed by atoms with Crippen molar-refractivity contribution in [3.05, 3.63) is 70.6 Å². The number of anilines is 3. The predicted molar refractivity (Wildman–Crippen MR) is 112 cm³/mol. The van der Waals surface area contributed by atoms with Gasteiger partial charge in [-0.2, -0.15) is 10.2 Å². The topological polar surface area (TPSA) is 115 Å².